The van der Waals surface area contributed by atoms with Gasteiger partial charge in [0.05, 0.1) is 43.4 Å². The Morgan fingerprint density at radius 3 is 2.43 bits per heavy atom. The molecule has 8 nitrogen and oxygen atoms in total. The molecule has 35 heavy (non-hydrogen) atoms. The molecule has 2 aliphatic rings. The first-order valence-corrected chi connectivity index (χ1v) is 12.2. The minimum atomic E-state index is -0.550. The van der Waals surface area contributed by atoms with E-state index in [4.69, 9.17) is 18.6 Å². The summed E-state index contributed by atoms with van der Waals surface area (Å²) in [6.45, 7) is 8.99. The minimum Gasteiger partial charge on any atom is -0.494 e. The predicted molar refractivity (Wildman–Crippen MR) is 131 cm³/mol. The summed E-state index contributed by atoms with van der Waals surface area (Å²) in [5.41, 5.74) is 1.35. The molecule has 0 saturated carbocycles. The van der Waals surface area contributed by atoms with Crippen LogP contribution in [0.5, 0.6) is 11.5 Å². The highest BCUT2D eigenvalue weighted by molar-refractivity contribution is 5.99. The van der Waals surface area contributed by atoms with Crippen LogP contribution in [0, 0.1) is 0 Å². The second-order valence-electron chi connectivity index (χ2n) is 8.63. The van der Waals surface area contributed by atoms with Crippen LogP contribution in [0.1, 0.15) is 41.6 Å². The average Bonchev–Trinajstić information content (AvgIpc) is 3.15. The molecule has 184 valence electrons. The monoisotopic (exact) mass is 478 g/mol. The number of hydrogen-bond acceptors (Lipinski definition) is 7. The molecule has 1 atom stereocenters. The number of ether oxygens (including phenoxy) is 3. The largest absolute Gasteiger partial charge is 0.494 e. The van der Waals surface area contributed by atoms with Crippen molar-refractivity contribution in [2.24, 2.45) is 0 Å². The molecule has 1 saturated heterocycles. The van der Waals surface area contributed by atoms with E-state index in [2.05, 4.69) is 4.90 Å². The number of morpholine rings is 1. The highest BCUT2D eigenvalue weighted by atomic mass is 16.5. The fourth-order valence-electron chi connectivity index (χ4n) is 4.85. The molecule has 0 aliphatic carbocycles. The molecule has 0 N–H and O–H groups in total. The fraction of sp³-hybridized carbons (Fsp3) is 0.407. The summed E-state index contributed by atoms with van der Waals surface area (Å²) in [5.74, 6) is 1.12. The summed E-state index contributed by atoms with van der Waals surface area (Å²) in [4.78, 5) is 31.4. The number of hydrogen-bond donors (Lipinski definition) is 0. The third kappa shape index (κ3) is 4.51. The van der Waals surface area contributed by atoms with Gasteiger partial charge in [0.2, 0.25) is 5.76 Å². The van der Waals surface area contributed by atoms with E-state index in [9.17, 15) is 9.59 Å². The number of nitrogens with zero attached hydrogens (tertiary/aromatic N) is 2. The molecule has 0 spiro atoms. The maximum Gasteiger partial charge on any atom is 0.290 e. The Balaban J connectivity index is 1.59. The standard InChI is InChI=1S/C27H30N2O6/c1-3-33-19-7-5-6-18(16-19)24-23-25(30)21-9-8-20(34-4-2)17-22(21)35-26(23)27(31)29(24)11-10-28-12-14-32-15-13-28/h5-9,16-17,24H,3-4,10-15H2,1-2H3. The lowest BCUT2D eigenvalue weighted by Crippen LogP contribution is -2.42. The van der Waals surface area contributed by atoms with Crippen LogP contribution >= 0.6 is 0 Å². The van der Waals surface area contributed by atoms with Crippen molar-refractivity contribution in [3.05, 3.63) is 69.6 Å². The van der Waals surface area contributed by atoms with E-state index >= 15 is 0 Å². The first-order valence-electron chi connectivity index (χ1n) is 12.2. The van der Waals surface area contributed by atoms with Gasteiger partial charge >= 0.3 is 0 Å². The van der Waals surface area contributed by atoms with Crippen LogP contribution in [0.3, 0.4) is 0 Å². The van der Waals surface area contributed by atoms with E-state index in [1.54, 1.807) is 23.1 Å². The molecule has 2 aliphatic heterocycles. The smallest absolute Gasteiger partial charge is 0.290 e. The number of fused-ring (bicyclic) bond motifs is 2. The van der Waals surface area contributed by atoms with Gasteiger partial charge in [-0.3, -0.25) is 14.5 Å². The summed E-state index contributed by atoms with van der Waals surface area (Å²) >= 11 is 0. The van der Waals surface area contributed by atoms with E-state index in [1.165, 1.54) is 0 Å². The maximum atomic E-state index is 13.7. The summed E-state index contributed by atoms with van der Waals surface area (Å²) in [6, 6.07) is 12.2. The zero-order valence-corrected chi connectivity index (χ0v) is 20.1. The highest BCUT2D eigenvalue weighted by Gasteiger charge is 2.42. The first kappa shape index (κ1) is 23.4. The summed E-state index contributed by atoms with van der Waals surface area (Å²) in [6.07, 6.45) is 0. The zero-order chi connectivity index (χ0) is 24.4. The molecule has 0 radical (unpaired) electrons. The molecule has 1 unspecified atom stereocenters. The lowest BCUT2D eigenvalue weighted by atomic mass is 9.98. The van der Waals surface area contributed by atoms with Crippen molar-refractivity contribution in [3.63, 3.8) is 0 Å². The molecule has 3 heterocycles. The van der Waals surface area contributed by atoms with Crippen LogP contribution < -0.4 is 14.9 Å². The normalized spacial score (nSPS) is 18.2. The van der Waals surface area contributed by atoms with Crippen LogP contribution in [0.25, 0.3) is 11.0 Å². The summed E-state index contributed by atoms with van der Waals surface area (Å²) < 4.78 is 22.8. The second-order valence-corrected chi connectivity index (χ2v) is 8.63. The van der Waals surface area contributed by atoms with Crippen molar-refractivity contribution in [1.29, 1.82) is 0 Å². The fourth-order valence-corrected chi connectivity index (χ4v) is 4.85. The molecular formula is C27H30N2O6. The molecule has 2 aromatic carbocycles. The van der Waals surface area contributed by atoms with Crippen molar-refractivity contribution >= 4 is 16.9 Å². The molecule has 0 bridgehead atoms. The van der Waals surface area contributed by atoms with Crippen molar-refractivity contribution in [2.45, 2.75) is 19.9 Å². The zero-order valence-electron chi connectivity index (χ0n) is 20.1. The van der Waals surface area contributed by atoms with Crippen LogP contribution in [-0.2, 0) is 4.74 Å². The molecule has 1 aromatic heterocycles. The second kappa shape index (κ2) is 10.1. The Morgan fingerprint density at radius 1 is 0.943 bits per heavy atom. The van der Waals surface area contributed by atoms with Gasteiger partial charge < -0.3 is 23.5 Å². The Kier molecular flexibility index (Phi) is 6.74. The molecular weight excluding hydrogens is 448 g/mol. The maximum absolute atomic E-state index is 13.7. The van der Waals surface area contributed by atoms with E-state index in [1.807, 2.05) is 38.1 Å². The van der Waals surface area contributed by atoms with Crippen molar-refractivity contribution in [3.8, 4) is 11.5 Å². The highest BCUT2D eigenvalue weighted by Crippen LogP contribution is 2.39. The predicted octanol–water partition coefficient (Wildman–Crippen LogP) is 3.47. The van der Waals surface area contributed by atoms with Gasteiger partial charge in [-0.25, -0.2) is 0 Å². The Hall–Kier alpha value is -3.36. The third-order valence-electron chi connectivity index (χ3n) is 6.50. The number of carbonyl (C=O) groups is 1. The van der Waals surface area contributed by atoms with E-state index in [0.29, 0.717) is 67.5 Å². The quantitative estimate of drug-likeness (QED) is 0.490. The van der Waals surface area contributed by atoms with E-state index in [-0.39, 0.29) is 17.1 Å². The van der Waals surface area contributed by atoms with Crippen molar-refractivity contribution in [1.82, 2.24) is 9.80 Å². The molecule has 3 aromatic rings. The van der Waals surface area contributed by atoms with Gasteiger partial charge in [0.1, 0.15) is 17.1 Å². The molecule has 8 heteroatoms. The lowest BCUT2D eigenvalue weighted by molar-refractivity contribution is 0.0314. The van der Waals surface area contributed by atoms with Gasteiger partial charge in [-0.05, 0) is 43.7 Å². The third-order valence-corrected chi connectivity index (χ3v) is 6.50. The Labute approximate surface area is 204 Å². The summed E-state index contributed by atoms with van der Waals surface area (Å²) in [5, 5.41) is 0.431. The molecule has 1 fully saturated rings. The van der Waals surface area contributed by atoms with Gasteiger partial charge in [0.15, 0.2) is 5.43 Å². The van der Waals surface area contributed by atoms with E-state index in [0.717, 1.165) is 18.7 Å². The number of benzene rings is 2. The van der Waals surface area contributed by atoms with Gasteiger partial charge in [-0.2, -0.15) is 0 Å². The molecule has 5 rings (SSSR count). The SMILES string of the molecule is CCOc1cccc(C2c3c(oc4cc(OCC)ccc4c3=O)C(=O)N2CCN2CCOCC2)c1. The van der Waals surface area contributed by atoms with Crippen LogP contribution in [0.2, 0.25) is 0 Å². The number of rotatable bonds is 8. The van der Waals surface area contributed by atoms with Crippen molar-refractivity contribution in [2.75, 3.05) is 52.6 Å². The van der Waals surface area contributed by atoms with E-state index < -0.39 is 6.04 Å². The van der Waals surface area contributed by atoms with Crippen molar-refractivity contribution < 1.29 is 23.4 Å². The molecule has 1 amide bonds. The summed E-state index contributed by atoms with van der Waals surface area (Å²) in [7, 11) is 0. The first-order chi connectivity index (χ1) is 17.1. The van der Waals surface area contributed by atoms with Crippen LogP contribution in [0.15, 0.2) is 51.7 Å². The van der Waals surface area contributed by atoms with Gasteiger partial charge in [0, 0.05) is 32.2 Å². The average molecular weight is 479 g/mol. The lowest BCUT2D eigenvalue weighted by Gasteiger charge is -2.31. The van der Waals surface area contributed by atoms with Crippen LogP contribution in [0.4, 0.5) is 0 Å². The van der Waals surface area contributed by atoms with Gasteiger partial charge in [-0.15, -0.1) is 0 Å². The van der Waals surface area contributed by atoms with Gasteiger partial charge in [-0.1, -0.05) is 12.1 Å². The number of carbonyl (C=O) groups excluding carboxylic acids is 1. The van der Waals surface area contributed by atoms with Crippen LogP contribution in [-0.4, -0.2) is 68.3 Å². The minimum absolute atomic E-state index is 0.102. The Bertz CT molecular complexity index is 1280. The Morgan fingerprint density at radius 2 is 1.69 bits per heavy atom. The number of amides is 1. The topological polar surface area (TPSA) is 81.5 Å². The van der Waals surface area contributed by atoms with Gasteiger partial charge in [0.25, 0.3) is 5.91 Å².